The predicted molar refractivity (Wildman–Crippen MR) is 134 cm³/mol. The summed E-state index contributed by atoms with van der Waals surface area (Å²) in [5, 5.41) is 7.39. The van der Waals surface area contributed by atoms with Crippen molar-refractivity contribution in [3.63, 3.8) is 0 Å². The summed E-state index contributed by atoms with van der Waals surface area (Å²) in [6.45, 7) is 5.59. The molecular weight excluding hydrogens is 458 g/mol. The summed E-state index contributed by atoms with van der Waals surface area (Å²) in [6.07, 6.45) is 3.33. The van der Waals surface area contributed by atoms with Gasteiger partial charge in [-0.2, -0.15) is 4.98 Å². The normalized spacial score (nSPS) is 17.7. The maximum absolute atomic E-state index is 13.0. The zero-order valence-electron chi connectivity index (χ0n) is 20.1. The summed E-state index contributed by atoms with van der Waals surface area (Å²) in [7, 11) is 0. The molecule has 0 radical (unpaired) electrons. The Morgan fingerprint density at radius 2 is 1.89 bits per heavy atom. The Bertz CT molecular complexity index is 1330. The number of piperazine rings is 1. The molecule has 5 rings (SSSR count). The van der Waals surface area contributed by atoms with Crippen LogP contribution < -0.4 is 15.8 Å². The molecule has 184 valence electrons. The van der Waals surface area contributed by atoms with Crippen LogP contribution in [0.4, 0.5) is 5.82 Å². The second-order valence-electron chi connectivity index (χ2n) is 8.88. The molecule has 3 aromatic heterocycles. The van der Waals surface area contributed by atoms with Crippen molar-refractivity contribution in [3.8, 4) is 28.4 Å². The molecule has 1 fully saturated rings. The highest BCUT2D eigenvalue weighted by Crippen LogP contribution is 2.28. The zero-order valence-corrected chi connectivity index (χ0v) is 20.1. The van der Waals surface area contributed by atoms with Crippen molar-refractivity contribution in [1.29, 1.82) is 0 Å². The average Bonchev–Trinajstić information content (AvgIpc) is 3.37. The molecule has 36 heavy (non-hydrogen) atoms. The van der Waals surface area contributed by atoms with Gasteiger partial charge in [0, 0.05) is 48.7 Å². The summed E-state index contributed by atoms with van der Waals surface area (Å²) in [4.78, 5) is 27.7. The molecule has 4 heterocycles. The van der Waals surface area contributed by atoms with Crippen molar-refractivity contribution in [2.45, 2.75) is 32.5 Å². The molecule has 0 bridgehead atoms. The highest BCUT2D eigenvalue weighted by molar-refractivity contribution is 5.95. The van der Waals surface area contributed by atoms with Gasteiger partial charge in [0.05, 0.1) is 0 Å². The molecule has 1 aliphatic rings. The number of nitrogens with two attached hydrogens (primary N) is 1. The molecule has 3 N–H and O–H groups in total. The minimum absolute atomic E-state index is 0.0319. The third-order valence-corrected chi connectivity index (χ3v) is 5.90. The number of hydrogen-bond donors (Lipinski definition) is 2. The Labute approximate surface area is 208 Å². The number of nitrogens with one attached hydrogen (secondary N) is 1. The van der Waals surface area contributed by atoms with Crippen LogP contribution in [0, 0.1) is 0 Å². The summed E-state index contributed by atoms with van der Waals surface area (Å²) < 4.78 is 11.1. The third kappa shape index (κ3) is 5.18. The van der Waals surface area contributed by atoms with E-state index in [1.165, 1.54) is 0 Å². The van der Waals surface area contributed by atoms with Gasteiger partial charge in [0.1, 0.15) is 5.69 Å². The van der Waals surface area contributed by atoms with Crippen molar-refractivity contribution in [3.05, 3.63) is 72.4 Å². The monoisotopic (exact) mass is 485 g/mol. The molecule has 10 nitrogen and oxygen atoms in total. The molecule has 1 aromatic carbocycles. The number of aromatic nitrogens is 4. The number of carbonyl (C=O) groups excluding carboxylic acids is 1. The number of rotatable bonds is 6. The Balaban J connectivity index is 1.27. The molecule has 4 aromatic rings. The topological polar surface area (TPSA) is 132 Å². The highest BCUT2D eigenvalue weighted by Gasteiger charge is 2.25. The largest absolute Gasteiger partial charge is 0.480 e. The minimum Gasteiger partial charge on any atom is -0.480 e. The fourth-order valence-electron chi connectivity index (χ4n) is 4.26. The van der Waals surface area contributed by atoms with E-state index in [0.717, 1.165) is 11.1 Å². The van der Waals surface area contributed by atoms with Gasteiger partial charge in [-0.15, -0.1) is 0 Å². The number of pyridine rings is 2. The first-order valence-electron chi connectivity index (χ1n) is 11.7. The van der Waals surface area contributed by atoms with Crippen molar-refractivity contribution >= 4 is 11.7 Å². The SMILES string of the molecule is CC1CN(C(=O)c2ccc(-c3cnc(N)c(OCc4nc(-c5ccccn5)no4)c3)cc2)CC(C)N1. The molecule has 2 unspecified atom stereocenters. The summed E-state index contributed by atoms with van der Waals surface area (Å²) in [6, 6.07) is 15.3. The lowest BCUT2D eigenvalue weighted by molar-refractivity contribution is 0.0674. The number of nitrogens with zero attached hydrogens (tertiary/aromatic N) is 5. The fraction of sp³-hybridized carbons (Fsp3) is 0.269. The highest BCUT2D eigenvalue weighted by atomic mass is 16.5. The number of ether oxygens (including phenoxy) is 1. The number of anilines is 1. The standard InChI is InChI=1S/C26H27N7O3/c1-16-13-33(14-17(2)30-16)26(34)19-8-6-18(7-9-19)20-11-22(24(27)29-12-20)35-15-23-31-25(32-36-23)21-5-3-4-10-28-21/h3-12,16-17,30H,13-15H2,1-2H3,(H2,27,29). The van der Waals surface area contributed by atoms with Crippen molar-refractivity contribution in [2.24, 2.45) is 0 Å². The lowest BCUT2D eigenvalue weighted by Crippen LogP contribution is -2.55. The second-order valence-corrected chi connectivity index (χ2v) is 8.88. The van der Waals surface area contributed by atoms with E-state index >= 15 is 0 Å². The van der Waals surface area contributed by atoms with E-state index in [1.54, 1.807) is 24.5 Å². The van der Waals surface area contributed by atoms with Crippen LogP contribution in [0.1, 0.15) is 30.1 Å². The van der Waals surface area contributed by atoms with Crippen LogP contribution in [0.5, 0.6) is 5.75 Å². The van der Waals surface area contributed by atoms with E-state index in [-0.39, 0.29) is 30.4 Å². The average molecular weight is 486 g/mol. The lowest BCUT2D eigenvalue weighted by atomic mass is 10.0. The Hall–Kier alpha value is -4.31. The summed E-state index contributed by atoms with van der Waals surface area (Å²) in [5.41, 5.74) is 8.99. The number of hydrogen-bond acceptors (Lipinski definition) is 9. The molecular formula is C26H27N7O3. The van der Waals surface area contributed by atoms with Crippen LogP contribution in [0.15, 0.2) is 65.4 Å². The number of amides is 1. The van der Waals surface area contributed by atoms with E-state index in [4.69, 9.17) is 15.0 Å². The Morgan fingerprint density at radius 1 is 1.11 bits per heavy atom. The van der Waals surface area contributed by atoms with Crippen molar-refractivity contribution in [1.82, 2.24) is 30.3 Å². The molecule has 0 saturated carbocycles. The van der Waals surface area contributed by atoms with Gasteiger partial charge in [-0.1, -0.05) is 23.4 Å². The van der Waals surface area contributed by atoms with Gasteiger partial charge >= 0.3 is 0 Å². The van der Waals surface area contributed by atoms with Crippen LogP contribution in [-0.2, 0) is 6.61 Å². The first-order chi connectivity index (χ1) is 17.5. The van der Waals surface area contributed by atoms with Gasteiger partial charge in [-0.05, 0) is 49.7 Å². The van der Waals surface area contributed by atoms with Crippen LogP contribution >= 0.6 is 0 Å². The Morgan fingerprint density at radius 3 is 2.61 bits per heavy atom. The molecule has 2 atom stereocenters. The van der Waals surface area contributed by atoms with Gasteiger partial charge in [0.15, 0.2) is 18.2 Å². The van der Waals surface area contributed by atoms with Crippen LogP contribution in [0.2, 0.25) is 0 Å². The minimum atomic E-state index is 0.0319. The van der Waals surface area contributed by atoms with Crippen LogP contribution in [0.3, 0.4) is 0 Å². The summed E-state index contributed by atoms with van der Waals surface area (Å²) >= 11 is 0. The molecule has 1 amide bonds. The van der Waals surface area contributed by atoms with E-state index in [0.29, 0.717) is 41.8 Å². The molecule has 1 saturated heterocycles. The first kappa shape index (κ1) is 23.4. The van der Waals surface area contributed by atoms with E-state index < -0.39 is 0 Å². The molecule has 0 aliphatic carbocycles. The lowest BCUT2D eigenvalue weighted by Gasteiger charge is -2.36. The first-order valence-corrected chi connectivity index (χ1v) is 11.7. The summed E-state index contributed by atoms with van der Waals surface area (Å²) in [5.74, 6) is 1.35. The smallest absolute Gasteiger partial charge is 0.264 e. The Kier molecular flexibility index (Phi) is 6.59. The van der Waals surface area contributed by atoms with Gasteiger partial charge in [-0.3, -0.25) is 9.78 Å². The van der Waals surface area contributed by atoms with Crippen molar-refractivity contribution < 1.29 is 14.1 Å². The third-order valence-electron chi connectivity index (χ3n) is 5.90. The maximum atomic E-state index is 13.0. The van der Waals surface area contributed by atoms with Crippen molar-refractivity contribution in [2.75, 3.05) is 18.8 Å². The fourth-order valence-corrected chi connectivity index (χ4v) is 4.26. The molecule has 1 aliphatic heterocycles. The van der Waals surface area contributed by atoms with Gasteiger partial charge in [0.25, 0.3) is 11.8 Å². The zero-order chi connectivity index (χ0) is 25.1. The maximum Gasteiger partial charge on any atom is 0.264 e. The van der Waals surface area contributed by atoms with E-state index in [2.05, 4.69) is 39.3 Å². The van der Waals surface area contributed by atoms with E-state index in [1.807, 2.05) is 41.3 Å². The molecule has 0 spiro atoms. The number of benzene rings is 1. The van der Waals surface area contributed by atoms with Gasteiger partial charge in [0.2, 0.25) is 5.82 Å². The van der Waals surface area contributed by atoms with Crippen LogP contribution in [0.25, 0.3) is 22.6 Å². The predicted octanol–water partition coefficient (Wildman–Crippen LogP) is 3.18. The second kappa shape index (κ2) is 10.1. The number of nitrogen functional groups attached to an aromatic ring is 1. The molecule has 10 heteroatoms. The number of carbonyl (C=O) groups is 1. The quantitative estimate of drug-likeness (QED) is 0.422. The van der Waals surface area contributed by atoms with Crippen LogP contribution in [-0.4, -0.2) is 56.1 Å². The van der Waals surface area contributed by atoms with E-state index in [9.17, 15) is 4.79 Å². The van der Waals surface area contributed by atoms with Gasteiger partial charge in [-0.25, -0.2) is 4.98 Å². The van der Waals surface area contributed by atoms with Gasteiger partial charge < -0.3 is 25.2 Å².